The fourth-order valence-electron chi connectivity index (χ4n) is 2.63. The second-order valence-electron chi connectivity index (χ2n) is 5.22. The number of ketones is 1. The van der Waals surface area contributed by atoms with E-state index in [9.17, 15) is 9.90 Å². The van der Waals surface area contributed by atoms with Gasteiger partial charge in [-0.05, 0) is 0 Å². The second-order valence-corrected chi connectivity index (χ2v) is 7.49. The zero-order chi connectivity index (χ0) is 17.3. The number of benzene rings is 2. The summed E-state index contributed by atoms with van der Waals surface area (Å²) in [6, 6.07) is 9.42. The number of carbonyl (C=O) groups is 1. The molecule has 5 nitrogen and oxygen atoms in total. The molecule has 0 saturated heterocycles. The molecule has 0 bridgehead atoms. The number of aromatic hydroxyl groups is 1. The summed E-state index contributed by atoms with van der Waals surface area (Å²) >= 11 is -0.195. The van der Waals surface area contributed by atoms with Crippen LogP contribution in [0.25, 0.3) is 0 Å². The van der Waals surface area contributed by atoms with E-state index in [1.807, 2.05) is 30.3 Å². The zero-order valence-corrected chi connectivity index (χ0v) is 15.0. The van der Waals surface area contributed by atoms with E-state index in [1.54, 1.807) is 20.2 Å². The molecule has 0 heterocycles. The van der Waals surface area contributed by atoms with Crippen molar-refractivity contribution in [2.45, 2.75) is 0 Å². The van der Waals surface area contributed by atoms with Gasteiger partial charge in [-0.25, -0.2) is 0 Å². The average molecular weight is 386 g/mol. The van der Waals surface area contributed by atoms with Crippen molar-refractivity contribution in [2.75, 3.05) is 25.1 Å². The van der Waals surface area contributed by atoms with Crippen molar-refractivity contribution >= 4 is 46.8 Å². The van der Waals surface area contributed by atoms with Crippen molar-refractivity contribution in [1.82, 2.24) is 0 Å². The van der Waals surface area contributed by atoms with Crippen LogP contribution in [0.1, 0.15) is 15.9 Å². The maximum absolute atomic E-state index is 12.3. The number of anilines is 2. The Morgan fingerprint density at radius 3 is 2.58 bits per heavy atom. The molecule has 0 unspecified atom stereocenters. The Labute approximate surface area is 146 Å². The van der Waals surface area contributed by atoms with Gasteiger partial charge in [0.25, 0.3) is 0 Å². The third-order valence-electron chi connectivity index (χ3n) is 3.81. The molecule has 122 valence electrons. The summed E-state index contributed by atoms with van der Waals surface area (Å²) in [6.07, 6.45) is 3.11. The van der Waals surface area contributed by atoms with Crippen molar-refractivity contribution in [3.63, 3.8) is 0 Å². The monoisotopic (exact) mass is 387 g/mol. The van der Waals surface area contributed by atoms with E-state index in [0.717, 1.165) is 8.92 Å². The molecular formula is C18H17N3O2Se. The van der Waals surface area contributed by atoms with Crippen molar-refractivity contribution in [3.05, 3.63) is 53.6 Å². The first kappa shape index (κ1) is 16.3. The number of phenols is 1. The average Bonchev–Trinajstić information content (AvgIpc) is 2.59. The second kappa shape index (κ2) is 6.51. The van der Waals surface area contributed by atoms with Gasteiger partial charge in [-0.15, -0.1) is 0 Å². The van der Waals surface area contributed by atoms with Gasteiger partial charge in [0.05, 0.1) is 0 Å². The number of para-hydroxylation sites is 1. The Morgan fingerprint density at radius 2 is 1.92 bits per heavy atom. The van der Waals surface area contributed by atoms with Gasteiger partial charge in [-0.2, -0.15) is 0 Å². The number of allylic oxidation sites excluding steroid dienone is 2. The van der Waals surface area contributed by atoms with Gasteiger partial charge in [-0.3, -0.25) is 0 Å². The third kappa shape index (κ3) is 2.70. The summed E-state index contributed by atoms with van der Waals surface area (Å²) in [5.41, 5.74) is 8.95. The quantitative estimate of drug-likeness (QED) is 0.415. The zero-order valence-electron chi connectivity index (χ0n) is 13.3. The van der Waals surface area contributed by atoms with Crippen LogP contribution in [-0.2, 0) is 0 Å². The first-order chi connectivity index (χ1) is 11.6. The summed E-state index contributed by atoms with van der Waals surface area (Å²) < 4.78 is 1.74. The Bertz CT molecular complexity index is 888. The number of phenolic OH excluding ortho intramolecular Hbond substituents is 1. The van der Waals surface area contributed by atoms with Gasteiger partial charge in [-0.1, -0.05) is 0 Å². The van der Waals surface area contributed by atoms with Gasteiger partial charge < -0.3 is 0 Å². The number of hydrogen-bond donors (Lipinski definition) is 3. The van der Waals surface area contributed by atoms with Gasteiger partial charge >= 0.3 is 146 Å². The number of rotatable bonds is 3. The summed E-state index contributed by atoms with van der Waals surface area (Å²) in [7, 11) is 3.40. The molecule has 0 aliphatic heterocycles. The summed E-state index contributed by atoms with van der Waals surface area (Å²) in [5.74, 6) is -0.0409. The third-order valence-corrected chi connectivity index (χ3v) is 6.16. The summed E-state index contributed by atoms with van der Waals surface area (Å²) in [4.78, 5) is 16.5. The molecule has 1 aliphatic carbocycles. The fraction of sp³-hybridized carbons (Fsp3) is 0.111. The number of carbonyl (C=O) groups excluding carboxylic acids is 1. The van der Waals surface area contributed by atoms with Crippen molar-refractivity contribution in [2.24, 2.45) is 4.99 Å². The SMILES string of the molecule is CN=C1C=CC(=O)c2c(NC)cc([Se]c3ccccc3N)c(O)c21. The molecule has 0 aromatic heterocycles. The number of nitrogens with one attached hydrogen (secondary N) is 1. The number of nitrogens with two attached hydrogens (primary N) is 1. The van der Waals surface area contributed by atoms with Crippen molar-refractivity contribution in [1.29, 1.82) is 0 Å². The topological polar surface area (TPSA) is 87.7 Å². The van der Waals surface area contributed by atoms with E-state index < -0.39 is 0 Å². The summed E-state index contributed by atoms with van der Waals surface area (Å²) in [5, 5.41) is 13.9. The molecule has 6 heteroatoms. The van der Waals surface area contributed by atoms with Crippen LogP contribution in [0, 0.1) is 0 Å². The van der Waals surface area contributed by atoms with Crippen LogP contribution in [0.15, 0.2) is 47.5 Å². The molecular weight excluding hydrogens is 369 g/mol. The maximum atomic E-state index is 12.3. The van der Waals surface area contributed by atoms with E-state index >= 15 is 0 Å². The van der Waals surface area contributed by atoms with E-state index in [2.05, 4.69) is 10.3 Å². The molecule has 0 saturated carbocycles. The number of nitrogens with zero attached hydrogens (tertiary/aromatic N) is 1. The van der Waals surface area contributed by atoms with Crippen LogP contribution in [0.4, 0.5) is 11.4 Å². The number of aliphatic imine (C=N–C) groups is 1. The molecule has 3 rings (SSSR count). The first-order valence-corrected chi connectivity index (χ1v) is 9.07. The molecule has 0 amide bonds. The van der Waals surface area contributed by atoms with Crippen molar-refractivity contribution < 1.29 is 9.90 Å². The predicted molar refractivity (Wildman–Crippen MR) is 99.5 cm³/mol. The van der Waals surface area contributed by atoms with E-state index in [-0.39, 0.29) is 26.5 Å². The van der Waals surface area contributed by atoms with Crippen LogP contribution in [-0.4, -0.2) is 45.7 Å². The van der Waals surface area contributed by atoms with Crippen LogP contribution < -0.4 is 20.0 Å². The Morgan fingerprint density at radius 1 is 1.17 bits per heavy atom. The summed E-state index contributed by atoms with van der Waals surface area (Å²) in [6.45, 7) is 0. The minimum atomic E-state index is -0.195. The fourth-order valence-corrected chi connectivity index (χ4v) is 4.61. The molecule has 4 N–H and O–H groups in total. The van der Waals surface area contributed by atoms with Gasteiger partial charge in [0.2, 0.25) is 0 Å². The number of hydrogen-bond acceptors (Lipinski definition) is 5. The normalized spacial score (nSPS) is 14.8. The molecule has 0 atom stereocenters. The molecule has 1 aliphatic rings. The van der Waals surface area contributed by atoms with Crippen molar-refractivity contribution in [3.8, 4) is 5.75 Å². The van der Waals surface area contributed by atoms with E-state index in [4.69, 9.17) is 5.73 Å². The number of fused-ring (bicyclic) bond motifs is 1. The molecule has 2 aromatic rings. The predicted octanol–water partition coefficient (Wildman–Crippen LogP) is 0.842. The van der Waals surface area contributed by atoms with Gasteiger partial charge in [0.1, 0.15) is 0 Å². The molecule has 24 heavy (non-hydrogen) atoms. The Hall–Kier alpha value is -2.56. The first-order valence-electron chi connectivity index (χ1n) is 7.36. The van der Waals surface area contributed by atoms with E-state index in [0.29, 0.717) is 28.2 Å². The van der Waals surface area contributed by atoms with E-state index in [1.165, 1.54) is 6.08 Å². The number of nitrogen functional groups attached to an aromatic ring is 1. The van der Waals surface area contributed by atoms with Crippen LogP contribution in [0.5, 0.6) is 5.75 Å². The standard InChI is InChI=1S/C18H17N3O2Se/c1-20-11-7-8-13(22)16-12(21-2)9-15(18(23)17(11)16)24-14-6-4-3-5-10(14)19/h3-9,21,23H,19H2,1-2H3. The molecule has 0 fully saturated rings. The van der Waals surface area contributed by atoms with Gasteiger partial charge in [0.15, 0.2) is 0 Å². The molecule has 2 aromatic carbocycles. The Balaban J connectivity index is 2.20. The van der Waals surface area contributed by atoms with Gasteiger partial charge in [0, 0.05) is 0 Å². The Kier molecular flexibility index (Phi) is 4.42. The van der Waals surface area contributed by atoms with Crippen LogP contribution >= 0.6 is 0 Å². The molecule has 0 spiro atoms. The van der Waals surface area contributed by atoms with Crippen LogP contribution in [0.2, 0.25) is 0 Å². The molecule has 0 radical (unpaired) electrons. The van der Waals surface area contributed by atoms with Crippen LogP contribution in [0.3, 0.4) is 0 Å². The minimum absolute atomic E-state index is 0.102.